The van der Waals surface area contributed by atoms with Crippen LogP contribution >= 0.6 is 23.2 Å². The van der Waals surface area contributed by atoms with Crippen LogP contribution in [-0.2, 0) is 0 Å². The van der Waals surface area contributed by atoms with Crippen molar-refractivity contribution in [3.8, 4) is 17.1 Å². The maximum Gasteiger partial charge on any atom is 0.171 e. The van der Waals surface area contributed by atoms with Gasteiger partial charge in [0, 0.05) is 22.5 Å². The van der Waals surface area contributed by atoms with Crippen molar-refractivity contribution in [1.29, 1.82) is 0 Å². The summed E-state index contributed by atoms with van der Waals surface area (Å²) in [6, 6.07) is 9.93. The average Bonchev–Trinajstić information content (AvgIpc) is 2.95. The van der Waals surface area contributed by atoms with Crippen LogP contribution in [-0.4, -0.2) is 21.3 Å². The molecule has 7 heteroatoms. The van der Waals surface area contributed by atoms with Gasteiger partial charge in [-0.15, -0.1) is 10.2 Å². The Morgan fingerprint density at radius 3 is 2.71 bits per heavy atom. The van der Waals surface area contributed by atoms with E-state index in [0.29, 0.717) is 28.0 Å². The lowest BCUT2D eigenvalue weighted by Crippen LogP contribution is -2.09. The molecule has 1 N–H and O–H groups in total. The summed E-state index contributed by atoms with van der Waals surface area (Å²) < 4.78 is 16.2. The van der Waals surface area contributed by atoms with Crippen LogP contribution in [0.4, 0.5) is 10.1 Å². The molecular formula is C17H13Cl2FN4. The first kappa shape index (κ1) is 15.4. The smallest absolute Gasteiger partial charge is 0.171 e. The molecule has 0 saturated heterocycles. The van der Waals surface area contributed by atoms with Gasteiger partial charge in [0.2, 0.25) is 0 Å². The predicted molar refractivity (Wildman–Crippen MR) is 93.7 cm³/mol. The van der Waals surface area contributed by atoms with Crippen LogP contribution in [0.25, 0.3) is 17.1 Å². The zero-order valence-electron chi connectivity index (χ0n) is 12.7. The number of nitrogens with zero attached hydrogens (tertiary/aromatic N) is 3. The van der Waals surface area contributed by atoms with Crippen molar-refractivity contribution in [3.05, 3.63) is 58.1 Å². The highest BCUT2D eigenvalue weighted by molar-refractivity contribution is 6.31. The molecule has 0 fully saturated rings. The molecule has 1 aliphatic heterocycles. The Morgan fingerprint density at radius 2 is 1.88 bits per heavy atom. The predicted octanol–water partition coefficient (Wildman–Crippen LogP) is 4.91. The van der Waals surface area contributed by atoms with Gasteiger partial charge in [-0.2, -0.15) is 0 Å². The highest BCUT2D eigenvalue weighted by Crippen LogP contribution is 2.36. The number of halogens is 3. The number of hydrogen-bond donors (Lipinski definition) is 1. The molecular weight excluding hydrogens is 350 g/mol. The van der Waals surface area contributed by atoms with E-state index >= 15 is 0 Å². The van der Waals surface area contributed by atoms with Gasteiger partial charge >= 0.3 is 0 Å². The minimum Gasteiger partial charge on any atom is -0.383 e. The monoisotopic (exact) mass is 362 g/mol. The number of hydrogen-bond acceptors (Lipinski definition) is 3. The van der Waals surface area contributed by atoms with Gasteiger partial charge < -0.3 is 5.32 Å². The summed E-state index contributed by atoms with van der Waals surface area (Å²) >= 11 is 12.2. The third-order valence-electron chi connectivity index (χ3n) is 4.10. The van der Waals surface area contributed by atoms with E-state index in [2.05, 4.69) is 15.5 Å². The molecule has 0 unspecified atom stereocenters. The summed E-state index contributed by atoms with van der Waals surface area (Å²) in [4.78, 5) is 0. The molecule has 1 aliphatic rings. The van der Waals surface area contributed by atoms with Crippen molar-refractivity contribution in [2.24, 2.45) is 0 Å². The fraction of sp³-hybridized carbons (Fsp3) is 0.176. The largest absolute Gasteiger partial charge is 0.383 e. The third kappa shape index (κ3) is 2.44. The Bertz CT molecular complexity index is 938. The van der Waals surface area contributed by atoms with Crippen molar-refractivity contribution in [2.75, 3.05) is 11.9 Å². The maximum atomic E-state index is 14.4. The molecule has 4 rings (SSSR count). The molecule has 0 aliphatic carbocycles. The number of nitrogens with one attached hydrogen (secondary N) is 1. The summed E-state index contributed by atoms with van der Waals surface area (Å²) in [5, 5.41) is 12.9. The van der Waals surface area contributed by atoms with Crippen LogP contribution in [0.15, 0.2) is 36.4 Å². The lowest BCUT2D eigenvalue weighted by molar-refractivity contribution is 0.629. The topological polar surface area (TPSA) is 42.7 Å². The number of anilines is 1. The zero-order chi connectivity index (χ0) is 16.8. The van der Waals surface area contributed by atoms with Crippen molar-refractivity contribution in [3.63, 3.8) is 0 Å². The van der Waals surface area contributed by atoms with Gasteiger partial charge in [0.05, 0.1) is 16.9 Å². The van der Waals surface area contributed by atoms with Gasteiger partial charge in [0.1, 0.15) is 11.6 Å². The minimum absolute atomic E-state index is 0.0969. The van der Waals surface area contributed by atoms with Crippen LogP contribution in [0, 0.1) is 5.82 Å². The number of rotatable bonds is 1. The number of benzene rings is 2. The molecule has 0 spiro atoms. The Labute approximate surface area is 148 Å². The van der Waals surface area contributed by atoms with Crippen molar-refractivity contribution >= 4 is 28.9 Å². The van der Waals surface area contributed by atoms with Gasteiger partial charge in [-0.1, -0.05) is 30.1 Å². The van der Waals surface area contributed by atoms with Gasteiger partial charge in [0.25, 0.3) is 0 Å². The summed E-state index contributed by atoms with van der Waals surface area (Å²) in [6.45, 7) is 2.74. The minimum atomic E-state index is -0.400. The molecule has 2 heterocycles. The molecule has 0 amide bonds. The standard InChI is InChI=1S/C17H13Cl2FN4/c1-9-8-21-14-5-3-11(19)7-15(14)24-16(9)22-23-17(24)12-6-10(18)2-4-13(12)20/h2-7,9,21H,8H2,1H3/t9-/m0/s1. The Morgan fingerprint density at radius 1 is 1.12 bits per heavy atom. The lowest BCUT2D eigenvalue weighted by Gasteiger charge is -2.13. The van der Waals surface area contributed by atoms with Crippen molar-refractivity contribution in [2.45, 2.75) is 12.8 Å². The second-order valence-corrected chi connectivity index (χ2v) is 6.66. The van der Waals surface area contributed by atoms with Crippen LogP contribution in [0.1, 0.15) is 18.7 Å². The van der Waals surface area contributed by atoms with Gasteiger partial charge in [-0.25, -0.2) is 4.39 Å². The van der Waals surface area contributed by atoms with Crippen LogP contribution in [0.2, 0.25) is 10.0 Å². The fourth-order valence-electron chi connectivity index (χ4n) is 2.89. The fourth-order valence-corrected chi connectivity index (χ4v) is 3.23. The average molecular weight is 363 g/mol. The summed E-state index contributed by atoms with van der Waals surface area (Å²) in [5.41, 5.74) is 2.00. The van der Waals surface area contributed by atoms with Crippen molar-refractivity contribution < 1.29 is 4.39 Å². The Balaban J connectivity index is 2.03. The quantitative estimate of drug-likeness (QED) is 0.668. The summed E-state index contributed by atoms with van der Waals surface area (Å²) in [5.74, 6) is 0.852. The molecule has 1 atom stereocenters. The maximum absolute atomic E-state index is 14.4. The summed E-state index contributed by atoms with van der Waals surface area (Å²) in [6.07, 6.45) is 0. The van der Waals surface area contributed by atoms with E-state index in [1.54, 1.807) is 6.07 Å². The molecule has 1 aromatic heterocycles. The SMILES string of the molecule is C[C@H]1CNc2ccc(Cl)cc2-n2c(-c3cc(Cl)ccc3F)nnc21. The second kappa shape index (κ2) is 5.76. The van der Waals surface area contributed by atoms with E-state index in [4.69, 9.17) is 23.2 Å². The van der Waals surface area contributed by atoms with E-state index in [-0.39, 0.29) is 5.92 Å². The highest BCUT2D eigenvalue weighted by Gasteiger charge is 2.26. The molecule has 0 radical (unpaired) electrons. The Kier molecular flexibility index (Phi) is 3.70. The normalized spacial score (nSPS) is 16.1. The van der Waals surface area contributed by atoms with E-state index in [1.165, 1.54) is 12.1 Å². The Hall–Kier alpha value is -2.11. The van der Waals surface area contributed by atoms with E-state index < -0.39 is 5.82 Å². The van der Waals surface area contributed by atoms with Crippen LogP contribution < -0.4 is 5.32 Å². The van der Waals surface area contributed by atoms with Gasteiger partial charge in [-0.05, 0) is 36.4 Å². The number of aromatic nitrogens is 3. The first-order chi connectivity index (χ1) is 11.5. The van der Waals surface area contributed by atoms with Crippen LogP contribution in [0.5, 0.6) is 0 Å². The lowest BCUT2D eigenvalue weighted by atomic mass is 10.1. The van der Waals surface area contributed by atoms with E-state index in [1.807, 2.05) is 29.7 Å². The molecule has 3 aromatic rings. The molecule has 0 saturated carbocycles. The molecule has 122 valence electrons. The van der Waals surface area contributed by atoms with Crippen LogP contribution in [0.3, 0.4) is 0 Å². The zero-order valence-corrected chi connectivity index (χ0v) is 14.2. The second-order valence-electron chi connectivity index (χ2n) is 5.78. The van der Waals surface area contributed by atoms with Gasteiger partial charge in [0.15, 0.2) is 5.82 Å². The van der Waals surface area contributed by atoms with E-state index in [9.17, 15) is 4.39 Å². The third-order valence-corrected chi connectivity index (χ3v) is 4.57. The molecule has 2 aromatic carbocycles. The number of fused-ring (bicyclic) bond motifs is 3. The van der Waals surface area contributed by atoms with E-state index in [0.717, 1.165) is 17.2 Å². The first-order valence-electron chi connectivity index (χ1n) is 7.49. The van der Waals surface area contributed by atoms with Gasteiger partial charge in [-0.3, -0.25) is 4.57 Å². The van der Waals surface area contributed by atoms with Crippen molar-refractivity contribution in [1.82, 2.24) is 14.8 Å². The molecule has 4 nitrogen and oxygen atoms in total. The highest BCUT2D eigenvalue weighted by atomic mass is 35.5. The summed E-state index contributed by atoms with van der Waals surface area (Å²) in [7, 11) is 0. The molecule has 24 heavy (non-hydrogen) atoms. The molecule has 0 bridgehead atoms. The first-order valence-corrected chi connectivity index (χ1v) is 8.24.